The molecule has 2 aliphatic rings. The SMILES string of the molecule is Cc1ccc(C(=O)N2CCC(N3CCCC3)C2)c(O)c1. The van der Waals surface area contributed by atoms with E-state index in [0.717, 1.165) is 25.1 Å². The molecule has 20 heavy (non-hydrogen) atoms. The highest BCUT2D eigenvalue weighted by atomic mass is 16.3. The van der Waals surface area contributed by atoms with Crippen molar-refractivity contribution in [2.24, 2.45) is 0 Å². The smallest absolute Gasteiger partial charge is 0.257 e. The predicted molar refractivity (Wildman–Crippen MR) is 78.0 cm³/mol. The Hall–Kier alpha value is -1.55. The maximum atomic E-state index is 12.5. The van der Waals surface area contributed by atoms with Gasteiger partial charge in [-0.05, 0) is 57.0 Å². The Morgan fingerprint density at radius 1 is 1.25 bits per heavy atom. The number of aromatic hydroxyl groups is 1. The fourth-order valence-corrected chi connectivity index (χ4v) is 3.32. The van der Waals surface area contributed by atoms with Crippen LogP contribution in [0.25, 0.3) is 0 Å². The lowest BCUT2D eigenvalue weighted by Crippen LogP contribution is -2.37. The quantitative estimate of drug-likeness (QED) is 0.897. The minimum atomic E-state index is -0.0378. The molecule has 2 fully saturated rings. The molecule has 3 rings (SSSR count). The number of hydrogen-bond acceptors (Lipinski definition) is 3. The summed E-state index contributed by atoms with van der Waals surface area (Å²) < 4.78 is 0. The second-order valence-corrected chi connectivity index (χ2v) is 5.96. The van der Waals surface area contributed by atoms with E-state index in [1.807, 2.05) is 17.9 Å². The molecule has 0 bridgehead atoms. The Kier molecular flexibility index (Phi) is 3.66. The van der Waals surface area contributed by atoms with E-state index in [-0.39, 0.29) is 11.7 Å². The first kappa shape index (κ1) is 13.4. The van der Waals surface area contributed by atoms with Gasteiger partial charge < -0.3 is 10.0 Å². The van der Waals surface area contributed by atoms with E-state index in [4.69, 9.17) is 0 Å². The Balaban J connectivity index is 1.69. The van der Waals surface area contributed by atoms with Gasteiger partial charge in [-0.2, -0.15) is 0 Å². The molecule has 0 spiro atoms. The number of nitrogens with zero attached hydrogens (tertiary/aromatic N) is 2. The molecule has 1 aromatic rings. The lowest BCUT2D eigenvalue weighted by Gasteiger charge is -2.23. The number of likely N-dealkylation sites (tertiary alicyclic amines) is 2. The van der Waals surface area contributed by atoms with E-state index in [1.54, 1.807) is 12.1 Å². The minimum Gasteiger partial charge on any atom is -0.507 e. The lowest BCUT2D eigenvalue weighted by molar-refractivity contribution is 0.0777. The number of aryl methyl sites for hydroxylation is 1. The summed E-state index contributed by atoms with van der Waals surface area (Å²) >= 11 is 0. The summed E-state index contributed by atoms with van der Waals surface area (Å²) in [7, 11) is 0. The van der Waals surface area contributed by atoms with Gasteiger partial charge in [-0.25, -0.2) is 0 Å². The van der Waals surface area contributed by atoms with Gasteiger partial charge in [-0.15, -0.1) is 0 Å². The number of carbonyl (C=O) groups is 1. The first-order valence-corrected chi connectivity index (χ1v) is 7.48. The number of amides is 1. The van der Waals surface area contributed by atoms with E-state index in [9.17, 15) is 9.90 Å². The van der Waals surface area contributed by atoms with Crippen LogP contribution in [0.2, 0.25) is 0 Å². The Morgan fingerprint density at radius 2 is 2.00 bits per heavy atom. The Bertz CT molecular complexity index is 509. The van der Waals surface area contributed by atoms with Crippen LogP contribution in [-0.2, 0) is 0 Å². The van der Waals surface area contributed by atoms with Gasteiger partial charge in [-0.1, -0.05) is 6.07 Å². The van der Waals surface area contributed by atoms with Crippen molar-refractivity contribution < 1.29 is 9.90 Å². The summed E-state index contributed by atoms with van der Waals surface area (Å²) in [5.41, 5.74) is 1.40. The third-order valence-electron chi connectivity index (χ3n) is 4.49. The molecule has 4 nitrogen and oxygen atoms in total. The molecular weight excluding hydrogens is 252 g/mol. The van der Waals surface area contributed by atoms with Gasteiger partial charge in [-0.3, -0.25) is 9.69 Å². The third-order valence-corrected chi connectivity index (χ3v) is 4.49. The largest absolute Gasteiger partial charge is 0.507 e. The van der Waals surface area contributed by atoms with Crippen molar-refractivity contribution in [3.8, 4) is 5.75 Å². The molecule has 0 aromatic heterocycles. The summed E-state index contributed by atoms with van der Waals surface area (Å²) in [5.74, 6) is 0.0591. The molecule has 2 heterocycles. The molecule has 0 radical (unpaired) electrons. The molecule has 1 amide bonds. The van der Waals surface area contributed by atoms with Gasteiger partial charge in [0.15, 0.2) is 0 Å². The molecule has 4 heteroatoms. The van der Waals surface area contributed by atoms with Crippen LogP contribution < -0.4 is 0 Å². The second-order valence-electron chi connectivity index (χ2n) is 5.96. The molecule has 1 N–H and O–H groups in total. The summed E-state index contributed by atoms with van der Waals surface area (Å²) in [5, 5.41) is 9.94. The Labute approximate surface area is 120 Å². The van der Waals surface area contributed by atoms with Crippen LogP contribution in [-0.4, -0.2) is 53.0 Å². The van der Waals surface area contributed by atoms with Crippen LogP contribution in [0.15, 0.2) is 18.2 Å². The second kappa shape index (κ2) is 5.44. The average molecular weight is 274 g/mol. The fourth-order valence-electron chi connectivity index (χ4n) is 3.32. The van der Waals surface area contributed by atoms with Gasteiger partial charge in [0, 0.05) is 19.1 Å². The molecule has 0 saturated carbocycles. The summed E-state index contributed by atoms with van der Waals surface area (Å²) in [6, 6.07) is 5.77. The topological polar surface area (TPSA) is 43.8 Å². The van der Waals surface area contributed by atoms with Gasteiger partial charge in [0.25, 0.3) is 5.91 Å². The van der Waals surface area contributed by atoms with Crippen molar-refractivity contribution in [1.82, 2.24) is 9.80 Å². The number of benzene rings is 1. The summed E-state index contributed by atoms with van der Waals surface area (Å²) in [4.78, 5) is 16.9. The standard InChI is InChI=1S/C16H22N2O2/c1-12-4-5-14(15(19)10-12)16(20)18-9-6-13(11-18)17-7-2-3-8-17/h4-5,10,13,19H,2-3,6-9,11H2,1H3. The number of hydrogen-bond donors (Lipinski definition) is 1. The minimum absolute atomic E-state index is 0.0378. The number of phenols is 1. The number of phenolic OH excluding ortho intramolecular Hbond substituents is 1. The molecule has 2 saturated heterocycles. The van der Waals surface area contributed by atoms with Crippen molar-refractivity contribution in [2.45, 2.75) is 32.2 Å². The highest BCUT2D eigenvalue weighted by Crippen LogP contribution is 2.25. The first-order chi connectivity index (χ1) is 9.65. The van der Waals surface area contributed by atoms with Crippen LogP contribution in [0, 0.1) is 6.92 Å². The van der Waals surface area contributed by atoms with E-state index < -0.39 is 0 Å². The van der Waals surface area contributed by atoms with Gasteiger partial charge >= 0.3 is 0 Å². The molecule has 2 aliphatic heterocycles. The maximum absolute atomic E-state index is 12.5. The van der Waals surface area contributed by atoms with Crippen LogP contribution in [0.3, 0.4) is 0 Å². The zero-order chi connectivity index (χ0) is 14.1. The van der Waals surface area contributed by atoms with Crippen molar-refractivity contribution in [2.75, 3.05) is 26.2 Å². The van der Waals surface area contributed by atoms with Gasteiger partial charge in [0.2, 0.25) is 0 Å². The van der Waals surface area contributed by atoms with E-state index in [2.05, 4.69) is 4.90 Å². The molecule has 0 aliphatic carbocycles. The number of carbonyl (C=O) groups excluding carboxylic acids is 1. The van der Waals surface area contributed by atoms with Crippen molar-refractivity contribution in [1.29, 1.82) is 0 Å². The zero-order valence-electron chi connectivity index (χ0n) is 12.0. The van der Waals surface area contributed by atoms with Crippen LogP contribution in [0.1, 0.15) is 35.2 Å². The highest BCUT2D eigenvalue weighted by Gasteiger charge is 2.32. The van der Waals surface area contributed by atoms with Crippen LogP contribution in [0.4, 0.5) is 0 Å². The maximum Gasteiger partial charge on any atom is 0.257 e. The molecule has 108 valence electrons. The Morgan fingerprint density at radius 3 is 2.70 bits per heavy atom. The first-order valence-electron chi connectivity index (χ1n) is 7.48. The zero-order valence-corrected chi connectivity index (χ0v) is 12.0. The average Bonchev–Trinajstić information content (AvgIpc) is 3.09. The summed E-state index contributed by atoms with van der Waals surface area (Å²) in [6.45, 7) is 5.84. The number of rotatable bonds is 2. The molecule has 1 atom stereocenters. The fraction of sp³-hybridized carbons (Fsp3) is 0.562. The van der Waals surface area contributed by atoms with Crippen LogP contribution >= 0.6 is 0 Å². The molecular formula is C16H22N2O2. The van der Waals surface area contributed by atoms with Crippen molar-refractivity contribution in [3.05, 3.63) is 29.3 Å². The third kappa shape index (κ3) is 2.52. The van der Waals surface area contributed by atoms with Crippen molar-refractivity contribution >= 4 is 5.91 Å². The van der Waals surface area contributed by atoms with Crippen molar-refractivity contribution in [3.63, 3.8) is 0 Å². The van der Waals surface area contributed by atoms with Gasteiger partial charge in [0.1, 0.15) is 5.75 Å². The van der Waals surface area contributed by atoms with E-state index in [1.165, 1.54) is 25.9 Å². The molecule has 1 unspecified atom stereocenters. The van der Waals surface area contributed by atoms with E-state index >= 15 is 0 Å². The summed E-state index contributed by atoms with van der Waals surface area (Å²) in [6.07, 6.45) is 3.62. The van der Waals surface area contributed by atoms with Crippen LogP contribution in [0.5, 0.6) is 5.75 Å². The lowest BCUT2D eigenvalue weighted by atomic mass is 10.1. The molecule has 1 aromatic carbocycles. The predicted octanol–water partition coefficient (Wildman–Crippen LogP) is 2.01. The normalized spacial score (nSPS) is 23.4. The van der Waals surface area contributed by atoms with Gasteiger partial charge in [0.05, 0.1) is 5.56 Å². The monoisotopic (exact) mass is 274 g/mol. The van der Waals surface area contributed by atoms with E-state index in [0.29, 0.717) is 11.6 Å². The highest BCUT2D eigenvalue weighted by molar-refractivity contribution is 5.97.